The van der Waals surface area contributed by atoms with Crippen LogP contribution in [0.3, 0.4) is 0 Å². The van der Waals surface area contributed by atoms with Gasteiger partial charge in [-0.3, -0.25) is 0 Å². The van der Waals surface area contributed by atoms with Gasteiger partial charge in [-0.1, -0.05) is 6.07 Å². The first kappa shape index (κ1) is 10.3. The van der Waals surface area contributed by atoms with Crippen LogP contribution in [0.4, 0.5) is 0 Å². The number of nitrogens with zero attached hydrogens (tertiary/aromatic N) is 4. The monoisotopic (exact) mass is 223 g/mol. The minimum absolute atomic E-state index is 0.205. The number of hydrogen-bond donors (Lipinski definition) is 1. The molecule has 0 aliphatic rings. The van der Waals surface area contributed by atoms with Crippen molar-refractivity contribution in [2.75, 3.05) is 6.54 Å². The van der Waals surface area contributed by atoms with Crippen LogP contribution in [0, 0.1) is 0 Å². The summed E-state index contributed by atoms with van der Waals surface area (Å²) in [5, 5.41) is 14.4. The molecule has 2 aromatic heterocycles. The van der Waals surface area contributed by atoms with Gasteiger partial charge in [-0.15, -0.1) is 21.5 Å². The third kappa shape index (κ3) is 2.21. The van der Waals surface area contributed by atoms with E-state index in [0.717, 1.165) is 11.3 Å². The molecule has 1 unspecified atom stereocenters. The summed E-state index contributed by atoms with van der Waals surface area (Å²) in [4.78, 5) is 2.67. The molecule has 2 heterocycles. The zero-order valence-corrected chi connectivity index (χ0v) is 9.31. The third-order valence-corrected chi connectivity index (χ3v) is 3.01. The van der Waals surface area contributed by atoms with Gasteiger partial charge in [0.1, 0.15) is 0 Å². The molecule has 0 radical (unpaired) electrons. The fourth-order valence-electron chi connectivity index (χ4n) is 1.27. The minimum Gasteiger partial charge on any atom is -0.330 e. The number of thiophene rings is 1. The van der Waals surface area contributed by atoms with Crippen LogP contribution < -0.4 is 5.73 Å². The minimum atomic E-state index is 0.205. The van der Waals surface area contributed by atoms with Gasteiger partial charge in [0.25, 0.3) is 0 Å². The molecule has 1 atom stereocenters. The lowest BCUT2D eigenvalue weighted by atomic mass is 10.2. The van der Waals surface area contributed by atoms with Crippen LogP contribution in [-0.4, -0.2) is 26.8 Å². The van der Waals surface area contributed by atoms with E-state index in [1.165, 1.54) is 0 Å². The Bertz CT molecular complexity index is 408. The highest BCUT2D eigenvalue weighted by molar-refractivity contribution is 7.13. The van der Waals surface area contributed by atoms with Gasteiger partial charge in [-0.25, -0.2) is 0 Å². The van der Waals surface area contributed by atoms with E-state index >= 15 is 0 Å². The van der Waals surface area contributed by atoms with Gasteiger partial charge in [0.15, 0.2) is 0 Å². The molecule has 0 spiro atoms. The van der Waals surface area contributed by atoms with Crippen molar-refractivity contribution in [1.82, 2.24) is 20.2 Å². The number of rotatable bonds is 4. The maximum absolute atomic E-state index is 5.48. The Hall–Kier alpha value is -1.27. The van der Waals surface area contributed by atoms with Crippen molar-refractivity contribution in [3.05, 3.63) is 17.5 Å². The van der Waals surface area contributed by atoms with Crippen LogP contribution in [0.1, 0.15) is 19.4 Å². The van der Waals surface area contributed by atoms with Crippen LogP contribution >= 0.6 is 11.3 Å². The molecule has 0 aromatic carbocycles. The van der Waals surface area contributed by atoms with Crippen LogP contribution in [0.15, 0.2) is 17.5 Å². The second-order valence-corrected chi connectivity index (χ2v) is 4.28. The molecule has 0 aliphatic carbocycles. The average molecular weight is 223 g/mol. The van der Waals surface area contributed by atoms with Crippen molar-refractivity contribution in [3.63, 3.8) is 0 Å². The number of aromatic nitrogens is 4. The zero-order valence-electron chi connectivity index (χ0n) is 8.50. The SMILES string of the molecule is CC(CCN)n1nnc(-c2cccs2)n1. The first-order chi connectivity index (χ1) is 7.31. The molecule has 6 heteroatoms. The van der Waals surface area contributed by atoms with Gasteiger partial charge in [-0.2, -0.15) is 4.80 Å². The Morgan fingerprint density at radius 1 is 1.60 bits per heavy atom. The van der Waals surface area contributed by atoms with Crippen LogP contribution in [0.5, 0.6) is 0 Å². The van der Waals surface area contributed by atoms with E-state index in [0.29, 0.717) is 12.4 Å². The van der Waals surface area contributed by atoms with Gasteiger partial charge in [0.05, 0.1) is 10.9 Å². The highest BCUT2D eigenvalue weighted by Gasteiger charge is 2.10. The van der Waals surface area contributed by atoms with E-state index < -0.39 is 0 Å². The fraction of sp³-hybridized carbons (Fsp3) is 0.444. The number of hydrogen-bond acceptors (Lipinski definition) is 5. The van der Waals surface area contributed by atoms with Gasteiger partial charge in [0, 0.05) is 0 Å². The third-order valence-electron chi connectivity index (χ3n) is 2.15. The van der Waals surface area contributed by atoms with Crippen molar-refractivity contribution < 1.29 is 0 Å². The summed E-state index contributed by atoms with van der Waals surface area (Å²) >= 11 is 1.61. The summed E-state index contributed by atoms with van der Waals surface area (Å²) in [5.41, 5.74) is 5.48. The van der Waals surface area contributed by atoms with E-state index in [-0.39, 0.29) is 6.04 Å². The fourth-order valence-corrected chi connectivity index (χ4v) is 1.92. The van der Waals surface area contributed by atoms with E-state index in [4.69, 9.17) is 5.73 Å². The second-order valence-electron chi connectivity index (χ2n) is 3.34. The topological polar surface area (TPSA) is 69.6 Å². The van der Waals surface area contributed by atoms with E-state index in [9.17, 15) is 0 Å². The molecular formula is C9H13N5S. The maximum atomic E-state index is 5.48. The molecule has 0 amide bonds. The Labute approximate surface area is 91.9 Å². The molecule has 0 bridgehead atoms. The average Bonchev–Trinajstić information content (AvgIpc) is 2.89. The van der Waals surface area contributed by atoms with E-state index in [1.54, 1.807) is 16.1 Å². The molecule has 0 saturated carbocycles. The molecule has 80 valence electrons. The predicted octanol–water partition coefficient (Wildman–Crippen LogP) is 1.31. The lowest BCUT2D eigenvalue weighted by molar-refractivity contribution is 0.406. The molecular weight excluding hydrogens is 210 g/mol. The maximum Gasteiger partial charge on any atom is 0.214 e. The van der Waals surface area contributed by atoms with Crippen molar-refractivity contribution in [2.45, 2.75) is 19.4 Å². The Morgan fingerprint density at radius 2 is 2.47 bits per heavy atom. The van der Waals surface area contributed by atoms with Crippen molar-refractivity contribution >= 4 is 11.3 Å². The summed E-state index contributed by atoms with van der Waals surface area (Å²) in [5.74, 6) is 0.689. The Kier molecular flexibility index (Phi) is 3.08. The largest absolute Gasteiger partial charge is 0.330 e. The lowest BCUT2D eigenvalue weighted by Gasteiger charge is -2.06. The Balaban J connectivity index is 2.17. The smallest absolute Gasteiger partial charge is 0.214 e. The van der Waals surface area contributed by atoms with Crippen LogP contribution in [0.25, 0.3) is 10.7 Å². The highest BCUT2D eigenvalue weighted by Crippen LogP contribution is 2.20. The predicted molar refractivity (Wildman–Crippen MR) is 59.5 cm³/mol. The molecule has 5 nitrogen and oxygen atoms in total. The summed E-state index contributed by atoms with van der Waals surface area (Å²) in [6.07, 6.45) is 0.861. The molecule has 2 N–H and O–H groups in total. The molecule has 15 heavy (non-hydrogen) atoms. The summed E-state index contributed by atoms with van der Waals surface area (Å²) in [7, 11) is 0. The first-order valence-electron chi connectivity index (χ1n) is 4.84. The van der Waals surface area contributed by atoms with E-state index in [2.05, 4.69) is 15.4 Å². The van der Waals surface area contributed by atoms with Gasteiger partial charge >= 0.3 is 0 Å². The lowest BCUT2D eigenvalue weighted by Crippen LogP contribution is -2.13. The van der Waals surface area contributed by atoms with E-state index in [1.807, 2.05) is 24.4 Å². The molecule has 0 saturated heterocycles. The van der Waals surface area contributed by atoms with Crippen molar-refractivity contribution in [3.8, 4) is 10.7 Å². The Morgan fingerprint density at radius 3 is 3.13 bits per heavy atom. The number of tetrazole rings is 1. The van der Waals surface area contributed by atoms with Crippen molar-refractivity contribution in [1.29, 1.82) is 0 Å². The normalized spacial score (nSPS) is 12.9. The summed E-state index contributed by atoms with van der Waals surface area (Å²) < 4.78 is 0. The number of nitrogens with two attached hydrogens (primary N) is 1. The molecule has 0 aliphatic heterocycles. The quantitative estimate of drug-likeness (QED) is 0.848. The summed E-state index contributed by atoms with van der Waals surface area (Å²) in [6.45, 7) is 2.67. The van der Waals surface area contributed by atoms with Gasteiger partial charge in [-0.05, 0) is 36.5 Å². The van der Waals surface area contributed by atoms with Gasteiger partial charge < -0.3 is 5.73 Å². The molecule has 2 rings (SSSR count). The zero-order chi connectivity index (χ0) is 10.7. The molecule has 0 fully saturated rings. The van der Waals surface area contributed by atoms with Crippen LogP contribution in [-0.2, 0) is 0 Å². The molecule has 2 aromatic rings. The second kappa shape index (κ2) is 4.50. The first-order valence-corrected chi connectivity index (χ1v) is 5.72. The standard InChI is InChI=1S/C9H13N5S/c1-7(4-5-10)14-12-9(11-13-14)8-3-2-6-15-8/h2-3,6-7H,4-5,10H2,1H3. The highest BCUT2D eigenvalue weighted by atomic mass is 32.1. The van der Waals surface area contributed by atoms with Crippen molar-refractivity contribution in [2.24, 2.45) is 5.73 Å². The van der Waals surface area contributed by atoms with Crippen LogP contribution in [0.2, 0.25) is 0 Å². The summed E-state index contributed by atoms with van der Waals surface area (Å²) in [6, 6.07) is 4.17. The van der Waals surface area contributed by atoms with Gasteiger partial charge in [0.2, 0.25) is 5.82 Å².